The molecule has 0 aromatic heterocycles. The Morgan fingerprint density at radius 1 is 1.11 bits per heavy atom. The molecule has 0 atom stereocenters. The monoisotopic (exact) mass is 375 g/mol. The summed E-state index contributed by atoms with van der Waals surface area (Å²) in [4.78, 5) is 25.1. The zero-order valence-corrected chi connectivity index (χ0v) is 16.1. The summed E-state index contributed by atoms with van der Waals surface area (Å²) in [6.07, 6.45) is 4.02. The largest absolute Gasteiger partial charge is 0.350 e. The first-order valence-corrected chi connectivity index (χ1v) is 9.88. The minimum Gasteiger partial charge on any atom is -0.350 e. The van der Waals surface area contributed by atoms with Gasteiger partial charge in [-0.25, -0.2) is 5.01 Å². The van der Waals surface area contributed by atoms with Gasteiger partial charge in [0, 0.05) is 24.8 Å². The second-order valence-corrected chi connectivity index (χ2v) is 7.77. The Morgan fingerprint density at radius 2 is 1.89 bits per heavy atom. The molecule has 1 aliphatic carbocycles. The van der Waals surface area contributed by atoms with Crippen LogP contribution in [0.5, 0.6) is 0 Å². The zero-order chi connectivity index (χ0) is 19.6. The van der Waals surface area contributed by atoms with E-state index in [9.17, 15) is 9.59 Å². The van der Waals surface area contributed by atoms with Gasteiger partial charge < -0.3 is 5.32 Å². The van der Waals surface area contributed by atoms with E-state index in [0.29, 0.717) is 30.8 Å². The number of nitrogens with one attached hydrogen (secondary N) is 1. The predicted molar refractivity (Wildman–Crippen MR) is 110 cm³/mol. The molecular formula is C23H25N3O2. The van der Waals surface area contributed by atoms with Crippen LogP contribution in [0.1, 0.15) is 43.2 Å². The van der Waals surface area contributed by atoms with Crippen LogP contribution in [0, 0.1) is 6.92 Å². The first-order chi connectivity index (χ1) is 13.6. The molecule has 1 fully saturated rings. The second kappa shape index (κ2) is 7.58. The maximum Gasteiger partial charge on any atom is 0.267 e. The number of carbonyl (C=O) groups is 2. The summed E-state index contributed by atoms with van der Waals surface area (Å²) >= 11 is 0. The highest BCUT2D eigenvalue weighted by Crippen LogP contribution is 2.43. The molecule has 2 amide bonds. The van der Waals surface area contributed by atoms with Crippen LogP contribution in [0.2, 0.25) is 0 Å². The summed E-state index contributed by atoms with van der Waals surface area (Å²) in [6, 6.07) is 18.0. The van der Waals surface area contributed by atoms with Gasteiger partial charge in [-0.15, -0.1) is 0 Å². The van der Waals surface area contributed by atoms with Gasteiger partial charge in [0.1, 0.15) is 5.71 Å². The molecular weight excluding hydrogens is 350 g/mol. The molecule has 0 radical (unpaired) electrons. The lowest BCUT2D eigenvalue weighted by molar-refractivity contribution is -0.119. The molecule has 1 aliphatic heterocycles. The fourth-order valence-electron chi connectivity index (χ4n) is 3.99. The van der Waals surface area contributed by atoms with Crippen LogP contribution in [0.25, 0.3) is 0 Å². The molecule has 0 saturated heterocycles. The van der Waals surface area contributed by atoms with E-state index in [1.165, 1.54) is 17.0 Å². The van der Waals surface area contributed by atoms with Crippen LogP contribution in [0.3, 0.4) is 0 Å². The Hall–Kier alpha value is -2.95. The Kier molecular flexibility index (Phi) is 4.99. The van der Waals surface area contributed by atoms with E-state index in [0.717, 1.165) is 18.4 Å². The topological polar surface area (TPSA) is 61.8 Å². The zero-order valence-electron chi connectivity index (χ0n) is 16.1. The summed E-state index contributed by atoms with van der Waals surface area (Å²) in [7, 11) is 0. The van der Waals surface area contributed by atoms with E-state index < -0.39 is 0 Å². The van der Waals surface area contributed by atoms with Gasteiger partial charge in [-0.1, -0.05) is 48.9 Å². The van der Waals surface area contributed by atoms with Crippen LogP contribution in [-0.4, -0.2) is 24.1 Å². The van der Waals surface area contributed by atoms with Gasteiger partial charge in [0.2, 0.25) is 5.91 Å². The van der Waals surface area contributed by atoms with Gasteiger partial charge in [0.25, 0.3) is 5.91 Å². The van der Waals surface area contributed by atoms with E-state index in [1.54, 1.807) is 0 Å². The second-order valence-electron chi connectivity index (χ2n) is 7.77. The fourth-order valence-corrected chi connectivity index (χ4v) is 3.99. The lowest BCUT2D eigenvalue weighted by Crippen LogP contribution is -2.48. The van der Waals surface area contributed by atoms with E-state index in [4.69, 9.17) is 0 Å². The molecule has 4 rings (SSSR count). The normalized spacial score (nSPS) is 18.2. The molecule has 5 nitrogen and oxygen atoms in total. The average molecular weight is 375 g/mol. The summed E-state index contributed by atoms with van der Waals surface area (Å²) in [5.41, 5.74) is 3.48. The molecule has 1 heterocycles. The third kappa shape index (κ3) is 3.57. The van der Waals surface area contributed by atoms with Crippen LogP contribution in [0.15, 0.2) is 59.7 Å². The van der Waals surface area contributed by atoms with Gasteiger partial charge in [-0.2, -0.15) is 5.10 Å². The van der Waals surface area contributed by atoms with Crippen molar-refractivity contribution < 1.29 is 9.59 Å². The van der Waals surface area contributed by atoms with Crippen molar-refractivity contribution in [1.82, 2.24) is 5.32 Å². The Balaban J connectivity index is 1.48. The van der Waals surface area contributed by atoms with Crippen molar-refractivity contribution in [2.45, 2.75) is 44.4 Å². The van der Waals surface area contributed by atoms with Crippen molar-refractivity contribution in [3.63, 3.8) is 0 Å². The van der Waals surface area contributed by atoms with Gasteiger partial charge in [0.15, 0.2) is 0 Å². The Labute approximate surface area is 165 Å². The number of benzene rings is 2. The van der Waals surface area contributed by atoms with Crippen LogP contribution < -0.4 is 10.3 Å². The number of anilines is 1. The van der Waals surface area contributed by atoms with Crippen LogP contribution in [0.4, 0.5) is 5.69 Å². The first kappa shape index (κ1) is 18.4. The van der Waals surface area contributed by atoms with Crippen molar-refractivity contribution >= 4 is 23.2 Å². The maximum atomic E-state index is 12.8. The number of amides is 2. The minimum absolute atomic E-state index is 0.0260. The number of nitrogens with zero attached hydrogens (tertiary/aromatic N) is 2. The molecule has 5 heteroatoms. The lowest BCUT2D eigenvalue weighted by Gasteiger charge is -2.42. The highest BCUT2D eigenvalue weighted by molar-refractivity contribution is 6.40. The molecule has 144 valence electrons. The lowest BCUT2D eigenvalue weighted by atomic mass is 9.64. The summed E-state index contributed by atoms with van der Waals surface area (Å²) < 4.78 is 0. The van der Waals surface area contributed by atoms with Crippen LogP contribution >= 0.6 is 0 Å². The molecule has 2 aliphatic rings. The Morgan fingerprint density at radius 3 is 2.57 bits per heavy atom. The van der Waals surface area contributed by atoms with Crippen molar-refractivity contribution in [3.8, 4) is 0 Å². The standard InChI is InChI=1S/C23H25N3O2/c1-17-7-5-10-19(15-17)26-21(27)12-11-20(25-26)22(28)24-16-23(13-6-14-23)18-8-3-2-4-9-18/h2-5,7-10,15H,6,11-14,16H2,1H3,(H,24,28). The number of carbonyl (C=O) groups excluding carboxylic acids is 2. The highest BCUT2D eigenvalue weighted by atomic mass is 16.2. The van der Waals surface area contributed by atoms with Crippen molar-refractivity contribution in [1.29, 1.82) is 0 Å². The quantitative estimate of drug-likeness (QED) is 0.866. The molecule has 0 unspecified atom stereocenters. The van der Waals surface area contributed by atoms with E-state index in [-0.39, 0.29) is 17.2 Å². The molecule has 0 bridgehead atoms. The molecule has 2 aromatic carbocycles. The van der Waals surface area contributed by atoms with Gasteiger partial charge in [-0.3, -0.25) is 9.59 Å². The number of rotatable bonds is 5. The number of hydrazone groups is 1. The third-order valence-corrected chi connectivity index (χ3v) is 5.83. The van der Waals surface area contributed by atoms with Crippen molar-refractivity contribution in [2.75, 3.05) is 11.6 Å². The number of hydrogen-bond donors (Lipinski definition) is 1. The molecule has 28 heavy (non-hydrogen) atoms. The molecule has 0 spiro atoms. The smallest absolute Gasteiger partial charge is 0.267 e. The molecule has 2 aromatic rings. The predicted octanol–water partition coefficient (Wildman–Crippen LogP) is 3.72. The summed E-state index contributed by atoms with van der Waals surface area (Å²) in [5.74, 6) is -0.255. The highest BCUT2D eigenvalue weighted by Gasteiger charge is 2.39. The minimum atomic E-state index is -0.174. The third-order valence-electron chi connectivity index (χ3n) is 5.83. The number of aryl methyl sites for hydroxylation is 1. The van der Waals surface area contributed by atoms with E-state index in [2.05, 4.69) is 22.6 Å². The average Bonchev–Trinajstić information content (AvgIpc) is 2.68. The SMILES string of the molecule is Cc1cccc(N2N=C(C(=O)NCC3(c4ccccc4)CCC3)CCC2=O)c1. The molecule has 1 saturated carbocycles. The van der Waals surface area contributed by atoms with Gasteiger partial charge in [-0.05, 0) is 43.0 Å². The fraction of sp³-hybridized carbons (Fsp3) is 0.348. The van der Waals surface area contributed by atoms with Gasteiger partial charge in [0.05, 0.1) is 5.69 Å². The Bertz CT molecular complexity index is 916. The molecule has 1 N–H and O–H groups in total. The summed E-state index contributed by atoms with van der Waals surface area (Å²) in [6.45, 7) is 2.57. The van der Waals surface area contributed by atoms with E-state index >= 15 is 0 Å². The summed E-state index contributed by atoms with van der Waals surface area (Å²) in [5, 5.41) is 8.83. The van der Waals surface area contributed by atoms with Crippen molar-refractivity contribution in [3.05, 3.63) is 65.7 Å². The first-order valence-electron chi connectivity index (χ1n) is 9.88. The number of hydrogen-bond acceptors (Lipinski definition) is 3. The van der Waals surface area contributed by atoms with Gasteiger partial charge >= 0.3 is 0 Å². The maximum absolute atomic E-state index is 12.8. The van der Waals surface area contributed by atoms with Crippen molar-refractivity contribution in [2.24, 2.45) is 5.10 Å². The van der Waals surface area contributed by atoms with Crippen LogP contribution in [-0.2, 0) is 15.0 Å². The van der Waals surface area contributed by atoms with E-state index in [1.807, 2.05) is 49.4 Å².